The van der Waals surface area contributed by atoms with E-state index in [1.54, 1.807) is 38.1 Å². The zero-order valence-electron chi connectivity index (χ0n) is 11.7. The number of aryl methyl sites for hydroxylation is 2. The minimum atomic E-state index is -1.10. The maximum absolute atomic E-state index is 12.1. The third kappa shape index (κ3) is 3.02. The molecule has 0 radical (unpaired) electrons. The van der Waals surface area contributed by atoms with E-state index in [4.69, 9.17) is 0 Å². The van der Waals surface area contributed by atoms with Crippen LogP contribution in [0, 0.1) is 13.8 Å². The van der Waals surface area contributed by atoms with Gasteiger partial charge in [-0.2, -0.15) is 0 Å². The van der Waals surface area contributed by atoms with Gasteiger partial charge in [-0.25, -0.2) is 4.79 Å². The van der Waals surface area contributed by atoms with Crippen molar-refractivity contribution in [3.63, 3.8) is 0 Å². The van der Waals surface area contributed by atoms with Gasteiger partial charge in [0, 0.05) is 5.56 Å². The Balaban J connectivity index is 2.34. The molecule has 1 amide bonds. The minimum absolute atomic E-state index is 0.0188. The molecule has 0 aromatic heterocycles. The molecule has 3 N–H and O–H groups in total. The van der Waals surface area contributed by atoms with Crippen molar-refractivity contribution in [1.82, 2.24) is 0 Å². The van der Waals surface area contributed by atoms with Crippen molar-refractivity contribution in [2.75, 3.05) is 5.32 Å². The molecule has 5 heteroatoms. The number of phenolic OH excluding ortho intramolecular Hbond substituents is 1. The Labute approximate surface area is 121 Å². The first kappa shape index (κ1) is 14.6. The average molecular weight is 285 g/mol. The Bertz CT molecular complexity index is 722. The monoisotopic (exact) mass is 285 g/mol. The number of carbonyl (C=O) groups is 2. The Morgan fingerprint density at radius 3 is 2.38 bits per heavy atom. The number of rotatable bonds is 3. The lowest BCUT2D eigenvalue weighted by Crippen LogP contribution is -2.15. The van der Waals surface area contributed by atoms with Crippen LogP contribution in [-0.4, -0.2) is 22.1 Å². The van der Waals surface area contributed by atoms with E-state index < -0.39 is 11.9 Å². The molecule has 5 nitrogen and oxygen atoms in total. The van der Waals surface area contributed by atoms with Gasteiger partial charge in [0.15, 0.2) is 0 Å². The summed E-state index contributed by atoms with van der Waals surface area (Å²) in [6.45, 7) is 3.39. The topological polar surface area (TPSA) is 86.6 Å². The second-order valence-corrected chi connectivity index (χ2v) is 4.76. The standard InChI is InChI=1S/C16H15NO4/c1-9-6-7-11(8-13(9)18)15(19)17-12-5-3-4-10(2)14(12)16(20)21/h3-8,18H,1-2H3,(H,17,19)(H,20,21). The average Bonchev–Trinajstić information content (AvgIpc) is 2.41. The quantitative estimate of drug-likeness (QED) is 0.809. The van der Waals surface area contributed by atoms with Gasteiger partial charge in [0.25, 0.3) is 5.91 Å². The van der Waals surface area contributed by atoms with E-state index >= 15 is 0 Å². The largest absolute Gasteiger partial charge is 0.508 e. The van der Waals surface area contributed by atoms with Crippen LogP contribution in [0.25, 0.3) is 0 Å². The molecule has 0 spiro atoms. The number of hydrogen-bond acceptors (Lipinski definition) is 3. The smallest absolute Gasteiger partial charge is 0.338 e. The van der Waals surface area contributed by atoms with Gasteiger partial charge >= 0.3 is 5.97 Å². The predicted octanol–water partition coefficient (Wildman–Crippen LogP) is 2.96. The number of carbonyl (C=O) groups excluding carboxylic acids is 1. The number of aromatic carboxylic acids is 1. The van der Waals surface area contributed by atoms with Crippen LogP contribution in [0.15, 0.2) is 36.4 Å². The molecular weight excluding hydrogens is 270 g/mol. The van der Waals surface area contributed by atoms with E-state index in [1.165, 1.54) is 12.1 Å². The molecule has 0 fully saturated rings. The van der Waals surface area contributed by atoms with E-state index in [-0.39, 0.29) is 22.6 Å². The molecule has 2 aromatic carbocycles. The van der Waals surface area contributed by atoms with Crippen molar-refractivity contribution in [1.29, 1.82) is 0 Å². The summed E-state index contributed by atoms with van der Waals surface area (Å²) >= 11 is 0. The summed E-state index contributed by atoms with van der Waals surface area (Å²) in [4.78, 5) is 23.4. The molecular formula is C16H15NO4. The molecule has 2 rings (SSSR count). The fourth-order valence-electron chi connectivity index (χ4n) is 2.00. The Kier molecular flexibility index (Phi) is 3.93. The van der Waals surface area contributed by atoms with E-state index in [0.717, 1.165) is 0 Å². The van der Waals surface area contributed by atoms with Crippen LogP contribution >= 0.6 is 0 Å². The first-order chi connectivity index (χ1) is 9.90. The lowest BCUT2D eigenvalue weighted by molar-refractivity contribution is 0.0697. The maximum atomic E-state index is 12.1. The fraction of sp³-hybridized carbons (Fsp3) is 0.125. The molecule has 0 atom stereocenters. The van der Waals surface area contributed by atoms with E-state index in [1.807, 2.05) is 0 Å². The van der Waals surface area contributed by atoms with E-state index in [9.17, 15) is 19.8 Å². The fourth-order valence-corrected chi connectivity index (χ4v) is 2.00. The third-order valence-electron chi connectivity index (χ3n) is 3.21. The lowest BCUT2D eigenvalue weighted by Gasteiger charge is -2.11. The summed E-state index contributed by atoms with van der Waals surface area (Å²) in [6.07, 6.45) is 0. The molecule has 0 aliphatic heterocycles. The number of anilines is 1. The molecule has 0 aliphatic carbocycles. The Hall–Kier alpha value is -2.82. The minimum Gasteiger partial charge on any atom is -0.508 e. The van der Waals surface area contributed by atoms with Crippen LogP contribution in [0.3, 0.4) is 0 Å². The van der Waals surface area contributed by atoms with Crippen LogP contribution in [0.5, 0.6) is 5.75 Å². The number of carboxylic acids is 1. The highest BCUT2D eigenvalue weighted by atomic mass is 16.4. The van der Waals surface area contributed by atoms with E-state index in [2.05, 4.69) is 5.32 Å². The third-order valence-corrected chi connectivity index (χ3v) is 3.21. The molecule has 0 bridgehead atoms. The van der Waals surface area contributed by atoms with Crippen molar-refractivity contribution < 1.29 is 19.8 Å². The zero-order chi connectivity index (χ0) is 15.6. The summed E-state index contributed by atoms with van der Waals surface area (Å²) < 4.78 is 0. The normalized spacial score (nSPS) is 10.2. The number of phenols is 1. The second-order valence-electron chi connectivity index (χ2n) is 4.76. The summed E-state index contributed by atoms with van der Waals surface area (Å²) in [5.74, 6) is -1.56. The van der Waals surface area contributed by atoms with Crippen molar-refractivity contribution >= 4 is 17.6 Å². The van der Waals surface area contributed by atoms with Gasteiger partial charge in [-0.3, -0.25) is 4.79 Å². The van der Waals surface area contributed by atoms with Crippen LogP contribution in [0.4, 0.5) is 5.69 Å². The number of nitrogens with one attached hydrogen (secondary N) is 1. The van der Waals surface area contributed by atoms with Gasteiger partial charge in [-0.15, -0.1) is 0 Å². The number of aromatic hydroxyl groups is 1. The number of hydrogen-bond donors (Lipinski definition) is 3. The highest BCUT2D eigenvalue weighted by molar-refractivity contribution is 6.08. The van der Waals surface area contributed by atoms with E-state index in [0.29, 0.717) is 11.1 Å². The maximum Gasteiger partial charge on any atom is 0.338 e. The number of carboxylic acid groups (broad SMARTS) is 1. The SMILES string of the molecule is Cc1ccc(C(=O)Nc2cccc(C)c2C(=O)O)cc1O. The van der Waals surface area contributed by atoms with Crippen LogP contribution in [-0.2, 0) is 0 Å². The molecule has 0 saturated heterocycles. The van der Waals surface area contributed by atoms with Gasteiger partial charge in [0.1, 0.15) is 5.75 Å². The molecule has 21 heavy (non-hydrogen) atoms. The Morgan fingerprint density at radius 2 is 1.76 bits per heavy atom. The van der Waals surface area contributed by atoms with Crippen molar-refractivity contribution in [2.45, 2.75) is 13.8 Å². The predicted molar refractivity (Wildman–Crippen MR) is 78.9 cm³/mol. The molecule has 2 aromatic rings. The number of benzene rings is 2. The van der Waals surface area contributed by atoms with Gasteiger partial charge in [0.05, 0.1) is 11.3 Å². The van der Waals surface area contributed by atoms with Crippen molar-refractivity contribution in [3.05, 3.63) is 58.7 Å². The summed E-state index contributed by atoms with van der Waals surface area (Å²) in [7, 11) is 0. The van der Waals surface area contributed by atoms with Crippen LogP contribution < -0.4 is 5.32 Å². The summed E-state index contributed by atoms with van der Waals surface area (Å²) in [5, 5.41) is 21.4. The summed E-state index contributed by atoms with van der Waals surface area (Å²) in [5.41, 5.74) is 1.77. The summed E-state index contributed by atoms with van der Waals surface area (Å²) in [6, 6.07) is 9.41. The van der Waals surface area contributed by atoms with Gasteiger partial charge in [0.2, 0.25) is 0 Å². The molecule has 0 unspecified atom stereocenters. The van der Waals surface area contributed by atoms with Gasteiger partial charge < -0.3 is 15.5 Å². The van der Waals surface area contributed by atoms with Crippen molar-refractivity contribution in [2.24, 2.45) is 0 Å². The second kappa shape index (κ2) is 5.66. The highest BCUT2D eigenvalue weighted by Gasteiger charge is 2.16. The van der Waals surface area contributed by atoms with Crippen LogP contribution in [0.1, 0.15) is 31.8 Å². The molecule has 108 valence electrons. The first-order valence-electron chi connectivity index (χ1n) is 6.34. The van der Waals surface area contributed by atoms with Crippen LogP contribution in [0.2, 0.25) is 0 Å². The Morgan fingerprint density at radius 1 is 1.05 bits per heavy atom. The highest BCUT2D eigenvalue weighted by Crippen LogP contribution is 2.22. The first-order valence-corrected chi connectivity index (χ1v) is 6.34. The number of amides is 1. The molecule has 0 aliphatic rings. The molecule has 0 heterocycles. The molecule has 0 saturated carbocycles. The van der Waals surface area contributed by atoms with Gasteiger partial charge in [-0.05, 0) is 43.2 Å². The van der Waals surface area contributed by atoms with Crippen molar-refractivity contribution in [3.8, 4) is 5.75 Å². The zero-order valence-corrected chi connectivity index (χ0v) is 11.7. The lowest BCUT2D eigenvalue weighted by atomic mass is 10.1. The van der Waals surface area contributed by atoms with Gasteiger partial charge in [-0.1, -0.05) is 18.2 Å².